The SMILES string of the molecule is COc1cccc(C(=O)n2c(-c3ccccc3[N+](=O)[O-])nc3ccccc32)c1. The number of hydrogen-bond acceptors (Lipinski definition) is 5. The van der Waals surface area contributed by atoms with Gasteiger partial charge in [-0.25, -0.2) is 4.98 Å². The van der Waals surface area contributed by atoms with Gasteiger partial charge in [0.2, 0.25) is 0 Å². The summed E-state index contributed by atoms with van der Waals surface area (Å²) in [6.45, 7) is 0. The molecule has 0 spiro atoms. The Morgan fingerprint density at radius 3 is 2.57 bits per heavy atom. The van der Waals surface area contributed by atoms with Crippen LogP contribution in [0.25, 0.3) is 22.4 Å². The van der Waals surface area contributed by atoms with Gasteiger partial charge in [-0.05, 0) is 36.4 Å². The summed E-state index contributed by atoms with van der Waals surface area (Å²) in [6, 6.07) is 20.1. The second kappa shape index (κ2) is 6.96. The van der Waals surface area contributed by atoms with Crippen molar-refractivity contribution in [2.45, 2.75) is 0 Å². The minimum atomic E-state index is -0.477. The van der Waals surface area contributed by atoms with Crippen molar-refractivity contribution in [3.05, 3.63) is 88.5 Å². The number of nitrogens with zero attached hydrogens (tertiary/aromatic N) is 3. The van der Waals surface area contributed by atoms with Gasteiger partial charge in [-0.3, -0.25) is 19.5 Å². The third-order valence-electron chi connectivity index (χ3n) is 4.42. The van der Waals surface area contributed by atoms with E-state index in [1.165, 1.54) is 17.7 Å². The van der Waals surface area contributed by atoms with Crippen molar-refractivity contribution in [1.82, 2.24) is 9.55 Å². The Hall–Kier alpha value is -4.00. The van der Waals surface area contributed by atoms with Crippen LogP contribution in [0.3, 0.4) is 0 Å². The molecule has 0 amide bonds. The molecule has 7 heteroatoms. The zero-order valence-electron chi connectivity index (χ0n) is 14.9. The number of methoxy groups -OCH3 is 1. The summed E-state index contributed by atoms with van der Waals surface area (Å²) in [5.41, 5.74) is 1.70. The number of nitro groups is 1. The van der Waals surface area contributed by atoms with Crippen LogP contribution in [0, 0.1) is 10.1 Å². The monoisotopic (exact) mass is 373 g/mol. The van der Waals surface area contributed by atoms with Gasteiger partial charge in [0.05, 0.1) is 28.6 Å². The highest BCUT2D eigenvalue weighted by Gasteiger charge is 2.24. The number of nitro benzene ring substituents is 1. The van der Waals surface area contributed by atoms with Crippen LogP contribution in [0.5, 0.6) is 5.75 Å². The fourth-order valence-electron chi connectivity index (χ4n) is 3.12. The Kier molecular flexibility index (Phi) is 4.33. The van der Waals surface area contributed by atoms with Crippen molar-refractivity contribution in [2.75, 3.05) is 7.11 Å². The van der Waals surface area contributed by atoms with E-state index in [2.05, 4.69) is 4.98 Å². The first-order chi connectivity index (χ1) is 13.6. The van der Waals surface area contributed by atoms with Gasteiger partial charge in [-0.1, -0.05) is 30.3 Å². The smallest absolute Gasteiger partial charge is 0.280 e. The number of carbonyl (C=O) groups is 1. The Morgan fingerprint density at radius 1 is 1.04 bits per heavy atom. The molecule has 0 aliphatic heterocycles. The first kappa shape index (κ1) is 17.4. The maximum Gasteiger partial charge on any atom is 0.280 e. The normalized spacial score (nSPS) is 10.8. The van der Waals surface area contributed by atoms with Crippen LogP contribution in [-0.2, 0) is 0 Å². The molecule has 138 valence electrons. The fraction of sp³-hybridized carbons (Fsp3) is 0.0476. The van der Waals surface area contributed by atoms with E-state index in [0.717, 1.165) is 0 Å². The molecule has 0 atom stereocenters. The van der Waals surface area contributed by atoms with Crippen LogP contribution in [0.15, 0.2) is 72.8 Å². The van der Waals surface area contributed by atoms with Crippen LogP contribution in [0.1, 0.15) is 10.4 Å². The van der Waals surface area contributed by atoms with Crippen molar-refractivity contribution < 1.29 is 14.5 Å². The molecule has 28 heavy (non-hydrogen) atoms. The van der Waals surface area contributed by atoms with Crippen molar-refractivity contribution in [2.24, 2.45) is 0 Å². The van der Waals surface area contributed by atoms with Gasteiger partial charge >= 0.3 is 0 Å². The standard InChI is InChI=1S/C21H15N3O4/c1-28-15-8-6-7-14(13-15)21(25)23-19-12-5-3-10-17(19)22-20(23)16-9-2-4-11-18(16)24(26)27/h2-13H,1H3. The molecular weight excluding hydrogens is 358 g/mol. The molecule has 1 aromatic heterocycles. The van der Waals surface area contributed by atoms with Crippen LogP contribution in [-0.4, -0.2) is 27.5 Å². The summed E-state index contributed by atoms with van der Waals surface area (Å²) < 4.78 is 6.62. The highest BCUT2D eigenvalue weighted by atomic mass is 16.6. The van der Waals surface area contributed by atoms with Crippen molar-refractivity contribution in [3.8, 4) is 17.1 Å². The van der Waals surface area contributed by atoms with Gasteiger partial charge in [-0.15, -0.1) is 0 Å². The molecule has 0 saturated carbocycles. The number of rotatable bonds is 4. The summed E-state index contributed by atoms with van der Waals surface area (Å²) in [4.78, 5) is 28.9. The van der Waals surface area contributed by atoms with Crippen molar-refractivity contribution in [1.29, 1.82) is 0 Å². The van der Waals surface area contributed by atoms with Gasteiger partial charge < -0.3 is 4.74 Å². The number of para-hydroxylation sites is 3. The first-order valence-electron chi connectivity index (χ1n) is 8.50. The van der Waals surface area contributed by atoms with Gasteiger partial charge in [0.25, 0.3) is 11.6 Å². The molecule has 4 rings (SSSR count). The maximum absolute atomic E-state index is 13.4. The lowest BCUT2D eigenvalue weighted by atomic mass is 10.1. The van der Waals surface area contributed by atoms with Crippen molar-refractivity contribution in [3.63, 3.8) is 0 Å². The van der Waals surface area contributed by atoms with Crippen LogP contribution < -0.4 is 4.74 Å². The van der Waals surface area contributed by atoms with E-state index in [-0.39, 0.29) is 23.0 Å². The molecule has 0 bridgehead atoms. The lowest BCUT2D eigenvalue weighted by Crippen LogP contribution is -2.14. The van der Waals surface area contributed by atoms with E-state index in [4.69, 9.17) is 4.74 Å². The van der Waals surface area contributed by atoms with Gasteiger partial charge in [0.15, 0.2) is 5.82 Å². The van der Waals surface area contributed by atoms with Gasteiger partial charge in [0, 0.05) is 11.6 Å². The lowest BCUT2D eigenvalue weighted by molar-refractivity contribution is -0.384. The minimum Gasteiger partial charge on any atom is -0.497 e. The number of benzene rings is 3. The van der Waals surface area contributed by atoms with Crippen LogP contribution in [0.2, 0.25) is 0 Å². The number of ether oxygens (including phenoxy) is 1. The van der Waals surface area contributed by atoms with E-state index < -0.39 is 4.92 Å². The minimum absolute atomic E-state index is 0.113. The summed E-state index contributed by atoms with van der Waals surface area (Å²) in [6.07, 6.45) is 0. The summed E-state index contributed by atoms with van der Waals surface area (Å²) in [5.74, 6) is 0.421. The van der Waals surface area contributed by atoms with E-state index in [9.17, 15) is 14.9 Å². The Bertz CT molecular complexity index is 1210. The molecule has 0 unspecified atom stereocenters. The lowest BCUT2D eigenvalue weighted by Gasteiger charge is -2.09. The van der Waals surface area contributed by atoms with Gasteiger partial charge in [-0.2, -0.15) is 0 Å². The first-order valence-corrected chi connectivity index (χ1v) is 8.50. The molecule has 0 fully saturated rings. The number of fused-ring (bicyclic) bond motifs is 1. The summed E-state index contributed by atoms with van der Waals surface area (Å²) >= 11 is 0. The molecule has 3 aromatic carbocycles. The van der Waals surface area contributed by atoms with Crippen LogP contribution in [0.4, 0.5) is 5.69 Å². The molecule has 4 aromatic rings. The largest absolute Gasteiger partial charge is 0.497 e. The number of carbonyl (C=O) groups excluding carboxylic acids is 1. The van der Waals surface area contributed by atoms with Gasteiger partial charge in [0.1, 0.15) is 5.75 Å². The third-order valence-corrected chi connectivity index (χ3v) is 4.42. The Balaban J connectivity index is 1.99. The molecule has 0 N–H and O–H groups in total. The zero-order valence-corrected chi connectivity index (χ0v) is 14.9. The predicted molar refractivity (Wildman–Crippen MR) is 105 cm³/mol. The molecular formula is C21H15N3O4. The van der Waals surface area contributed by atoms with E-state index >= 15 is 0 Å². The highest BCUT2D eigenvalue weighted by Crippen LogP contribution is 2.32. The zero-order chi connectivity index (χ0) is 19.7. The molecule has 0 saturated heterocycles. The van der Waals surface area contributed by atoms with Crippen LogP contribution >= 0.6 is 0 Å². The third kappa shape index (κ3) is 2.88. The summed E-state index contributed by atoms with van der Waals surface area (Å²) in [7, 11) is 1.52. The highest BCUT2D eigenvalue weighted by molar-refractivity contribution is 6.04. The second-order valence-corrected chi connectivity index (χ2v) is 6.07. The average molecular weight is 373 g/mol. The maximum atomic E-state index is 13.4. The molecule has 0 aliphatic rings. The number of imidazole rings is 1. The van der Waals surface area contributed by atoms with E-state index in [1.807, 2.05) is 0 Å². The molecule has 0 aliphatic carbocycles. The second-order valence-electron chi connectivity index (χ2n) is 6.07. The number of aromatic nitrogens is 2. The summed E-state index contributed by atoms with van der Waals surface area (Å²) in [5, 5.41) is 11.5. The topological polar surface area (TPSA) is 87.3 Å². The Labute approximate surface area is 160 Å². The van der Waals surface area contributed by atoms with E-state index in [1.54, 1.807) is 66.7 Å². The average Bonchev–Trinajstić information content (AvgIpc) is 3.12. The quantitative estimate of drug-likeness (QED) is 0.393. The molecule has 7 nitrogen and oxygen atoms in total. The molecule has 1 heterocycles. The fourth-order valence-corrected chi connectivity index (χ4v) is 3.12. The molecule has 0 radical (unpaired) electrons. The van der Waals surface area contributed by atoms with Crippen molar-refractivity contribution >= 4 is 22.6 Å². The Morgan fingerprint density at radius 2 is 1.79 bits per heavy atom. The predicted octanol–water partition coefficient (Wildman–Crippen LogP) is 4.31. The van der Waals surface area contributed by atoms with E-state index in [0.29, 0.717) is 22.3 Å². The number of hydrogen-bond donors (Lipinski definition) is 0.